The van der Waals surface area contributed by atoms with Crippen molar-refractivity contribution in [2.45, 2.75) is 40.5 Å². The fourth-order valence-electron chi connectivity index (χ4n) is 2.82. The molecule has 0 atom stereocenters. The van der Waals surface area contributed by atoms with Crippen LogP contribution in [0.15, 0.2) is 24.3 Å². The zero-order valence-corrected chi connectivity index (χ0v) is 16.3. The fraction of sp³-hybridized carbons (Fsp3) is 0.450. The molecule has 0 bridgehead atoms. The van der Waals surface area contributed by atoms with Crippen molar-refractivity contribution in [2.24, 2.45) is 0 Å². The van der Waals surface area contributed by atoms with Crippen molar-refractivity contribution in [3.8, 4) is 5.75 Å². The second kappa shape index (κ2) is 9.17. The van der Waals surface area contributed by atoms with Crippen molar-refractivity contribution < 1.29 is 9.53 Å². The highest BCUT2D eigenvalue weighted by atomic mass is 16.5. The van der Waals surface area contributed by atoms with Crippen LogP contribution < -0.4 is 15.0 Å². The summed E-state index contributed by atoms with van der Waals surface area (Å²) in [4.78, 5) is 23.8. The molecule has 0 saturated heterocycles. The van der Waals surface area contributed by atoms with Crippen LogP contribution in [0.1, 0.15) is 48.6 Å². The first-order valence-electron chi connectivity index (χ1n) is 9.05. The van der Waals surface area contributed by atoms with E-state index in [4.69, 9.17) is 4.74 Å². The van der Waals surface area contributed by atoms with Gasteiger partial charge in [0.1, 0.15) is 23.1 Å². The Morgan fingerprint density at radius 1 is 1.12 bits per heavy atom. The molecule has 0 aliphatic heterocycles. The number of benzene rings is 1. The van der Waals surface area contributed by atoms with Gasteiger partial charge in [-0.25, -0.2) is 9.97 Å². The van der Waals surface area contributed by atoms with E-state index in [0.717, 1.165) is 37.3 Å². The highest BCUT2D eigenvalue weighted by Gasteiger charge is 2.16. The molecule has 2 rings (SSSR count). The highest BCUT2D eigenvalue weighted by Crippen LogP contribution is 2.26. The number of amides is 1. The third-order valence-corrected chi connectivity index (χ3v) is 3.97. The number of rotatable bonds is 8. The van der Waals surface area contributed by atoms with Crippen LogP contribution in [0.4, 0.5) is 11.5 Å². The summed E-state index contributed by atoms with van der Waals surface area (Å²) in [6.45, 7) is 9.84. The third-order valence-electron chi connectivity index (χ3n) is 3.97. The predicted octanol–water partition coefficient (Wildman–Crippen LogP) is 3.98. The van der Waals surface area contributed by atoms with Crippen LogP contribution in [-0.4, -0.2) is 36.1 Å². The van der Waals surface area contributed by atoms with E-state index < -0.39 is 0 Å². The van der Waals surface area contributed by atoms with Crippen LogP contribution in [0.2, 0.25) is 0 Å². The van der Waals surface area contributed by atoms with Gasteiger partial charge in [-0.3, -0.25) is 4.79 Å². The maximum absolute atomic E-state index is 12.8. The van der Waals surface area contributed by atoms with Gasteiger partial charge in [-0.15, -0.1) is 0 Å². The summed E-state index contributed by atoms with van der Waals surface area (Å²) in [6.07, 6.45) is 2.04. The Balaban J connectivity index is 2.30. The van der Waals surface area contributed by atoms with E-state index in [1.807, 2.05) is 32.0 Å². The quantitative estimate of drug-likeness (QED) is 0.775. The van der Waals surface area contributed by atoms with Crippen LogP contribution in [0.25, 0.3) is 0 Å². The van der Waals surface area contributed by atoms with Crippen molar-refractivity contribution >= 4 is 17.4 Å². The van der Waals surface area contributed by atoms with Gasteiger partial charge in [-0.1, -0.05) is 19.9 Å². The van der Waals surface area contributed by atoms with Gasteiger partial charge in [0, 0.05) is 19.2 Å². The lowest BCUT2D eigenvalue weighted by Gasteiger charge is -2.23. The number of ether oxygens (including phenoxy) is 1. The molecule has 6 nitrogen and oxygen atoms in total. The molecule has 1 amide bonds. The zero-order chi connectivity index (χ0) is 19.1. The fourth-order valence-corrected chi connectivity index (χ4v) is 2.82. The Kier molecular flexibility index (Phi) is 6.95. The summed E-state index contributed by atoms with van der Waals surface area (Å²) >= 11 is 0. The van der Waals surface area contributed by atoms with E-state index in [-0.39, 0.29) is 5.91 Å². The van der Waals surface area contributed by atoms with Gasteiger partial charge in [-0.05, 0) is 44.4 Å². The van der Waals surface area contributed by atoms with E-state index >= 15 is 0 Å². The largest absolute Gasteiger partial charge is 0.495 e. The molecule has 0 aliphatic rings. The van der Waals surface area contributed by atoms with Crippen molar-refractivity contribution in [3.63, 3.8) is 0 Å². The van der Waals surface area contributed by atoms with E-state index in [2.05, 4.69) is 34.0 Å². The molecule has 2 aromatic rings. The summed E-state index contributed by atoms with van der Waals surface area (Å²) in [6, 6.07) is 7.42. The molecule has 0 saturated carbocycles. The Hall–Kier alpha value is -2.63. The summed E-state index contributed by atoms with van der Waals surface area (Å²) in [5.41, 5.74) is 2.03. The number of anilines is 2. The molecule has 0 aliphatic carbocycles. The average molecular weight is 356 g/mol. The van der Waals surface area contributed by atoms with Gasteiger partial charge in [-0.2, -0.15) is 0 Å². The van der Waals surface area contributed by atoms with Crippen molar-refractivity contribution in [3.05, 3.63) is 41.3 Å². The van der Waals surface area contributed by atoms with Gasteiger partial charge < -0.3 is 15.0 Å². The molecule has 1 aromatic heterocycles. The SMILES string of the molecule is CCCN(CCC)c1cc(C(=O)Nc2cc(C)ccc2OC)nc(C)n1. The van der Waals surface area contributed by atoms with Crippen LogP contribution >= 0.6 is 0 Å². The Morgan fingerprint density at radius 2 is 1.81 bits per heavy atom. The molecule has 1 N–H and O–H groups in total. The lowest BCUT2D eigenvalue weighted by Crippen LogP contribution is -2.27. The molecule has 140 valence electrons. The summed E-state index contributed by atoms with van der Waals surface area (Å²) in [5, 5.41) is 2.90. The molecular weight excluding hydrogens is 328 g/mol. The number of carbonyl (C=O) groups excluding carboxylic acids is 1. The topological polar surface area (TPSA) is 67.4 Å². The number of hydrogen-bond donors (Lipinski definition) is 1. The van der Waals surface area contributed by atoms with E-state index in [9.17, 15) is 4.79 Å². The second-order valence-corrected chi connectivity index (χ2v) is 6.30. The number of nitrogens with zero attached hydrogens (tertiary/aromatic N) is 3. The minimum Gasteiger partial charge on any atom is -0.495 e. The number of hydrogen-bond acceptors (Lipinski definition) is 5. The van der Waals surface area contributed by atoms with Crippen LogP contribution in [0.3, 0.4) is 0 Å². The van der Waals surface area contributed by atoms with Gasteiger partial charge in [0.05, 0.1) is 12.8 Å². The molecule has 1 heterocycles. The number of aryl methyl sites for hydroxylation is 2. The lowest BCUT2D eigenvalue weighted by atomic mass is 10.2. The molecule has 0 unspecified atom stereocenters. The Labute approximate surface area is 155 Å². The van der Waals surface area contributed by atoms with Crippen LogP contribution in [-0.2, 0) is 0 Å². The zero-order valence-electron chi connectivity index (χ0n) is 16.3. The van der Waals surface area contributed by atoms with Gasteiger partial charge in [0.15, 0.2) is 0 Å². The highest BCUT2D eigenvalue weighted by molar-refractivity contribution is 6.04. The van der Waals surface area contributed by atoms with Crippen molar-refractivity contribution in [1.29, 1.82) is 0 Å². The lowest BCUT2D eigenvalue weighted by molar-refractivity contribution is 0.102. The molecule has 0 spiro atoms. The van der Waals surface area contributed by atoms with Crippen molar-refractivity contribution in [1.82, 2.24) is 9.97 Å². The minimum absolute atomic E-state index is 0.270. The molecular formula is C20H28N4O2. The summed E-state index contributed by atoms with van der Waals surface area (Å²) in [5.74, 6) is 1.73. The van der Waals surface area contributed by atoms with Crippen LogP contribution in [0, 0.1) is 13.8 Å². The van der Waals surface area contributed by atoms with E-state index in [0.29, 0.717) is 23.0 Å². The summed E-state index contributed by atoms with van der Waals surface area (Å²) < 4.78 is 5.33. The van der Waals surface area contributed by atoms with E-state index in [1.54, 1.807) is 13.2 Å². The average Bonchev–Trinajstić information content (AvgIpc) is 2.61. The number of nitrogens with one attached hydrogen (secondary N) is 1. The van der Waals surface area contributed by atoms with Gasteiger partial charge in [0.25, 0.3) is 5.91 Å². The first-order chi connectivity index (χ1) is 12.5. The maximum Gasteiger partial charge on any atom is 0.274 e. The number of aromatic nitrogens is 2. The molecule has 1 aromatic carbocycles. The molecule has 0 fully saturated rings. The monoisotopic (exact) mass is 356 g/mol. The maximum atomic E-state index is 12.8. The summed E-state index contributed by atoms with van der Waals surface area (Å²) in [7, 11) is 1.58. The molecule has 26 heavy (non-hydrogen) atoms. The van der Waals surface area contributed by atoms with Crippen LogP contribution in [0.5, 0.6) is 5.75 Å². The predicted molar refractivity (Wildman–Crippen MR) is 105 cm³/mol. The number of carbonyl (C=O) groups is 1. The van der Waals surface area contributed by atoms with Crippen molar-refractivity contribution in [2.75, 3.05) is 30.4 Å². The third kappa shape index (κ3) is 4.94. The van der Waals surface area contributed by atoms with E-state index in [1.165, 1.54) is 0 Å². The van der Waals surface area contributed by atoms with Gasteiger partial charge in [0.2, 0.25) is 0 Å². The normalized spacial score (nSPS) is 10.5. The standard InChI is InChI=1S/C20H28N4O2/c1-6-10-24(11-7-2)19-13-17(21-15(4)22-19)20(25)23-16-12-14(3)8-9-18(16)26-5/h8-9,12-13H,6-7,10-11H2,1-5H3,(H,23,25). The molecule has 6 heteroatoms. The second-order valence-electron chi connectivity index (χ2n) is 6.30. The van der Waals surface area contributed by atoms with Gasteiger partial charge >= 0.3 is 0 Å². The first kappa shape index (κ1) is 19.7. The first-order valence-corrected chi connectivity index (χ1v) is 9.05. The smallest absolute Gasteiger partial charge is 0.274 e. The molecule has 0 radical (unpaired) electrons. The number of methoxy groups -OCH3 is 1. The Morgan fingerprint density at radius 3 is 2.42 bits per heavy atom. The Bertz CT molecular complexity index is 755. The minimum atomic E-state index is -0.270.